The van der Waals surface area contributed by atoms with Crippen LogP contribution in [0, 0.1) is 10.8 Å². The lowest BCUT2D eigenvalue weighted by Gasteiger charge is -2.56. The van der Waals surface area contributed by atoms with E-state index in [9.17, 15) is 19.8 Å². The highest BCUT2D eigenvalue weighted by Gasteiger charge is 2.64. The van der Waals surface area contributed by atoms with Gasteiger partial charge >= 0.3 is 11.9 Å². The van der Waals surface area contributed by atoms with Crippen LogP contribution in [0.5, 0.6) is 5.75 Å². The first kappa shape index (κ1) is 19.2. The predicted octanol–water partition coefficient (Wildman–Crippen LogP) is 2.73. The fourth-order valence-corrected chi connectivity index (χ4v) is 4.45. The minimum absolute atomic E-state index is 0.322. The molecule has 1 aliphatic rings. The smallest absolute Gasteiger partial charge is 0.311 e. The molecular weight excluding hydrogens is 322 g/mol. The van der Waals surface area contributed by atoms with E-state index in [-0.39, 0.29) is 12.1 Å². The van der Waals surface area contributed by atoms with Crippen molar-refractivity contribution in [3.8, 4) is 5.75 Å². The average Bonchev–Trinajstić information content (AvgIpc) is 2.57. The molecule has 138 valence electrons. The summed E-state index contributed by atoms with van der Waals surface area (Å²) in [7, 11) is 1.55. The number of rotatable bonds is 5. The quantitative estimate of drug-likeness (QED) is 0.756. The first-order valence-electron chi connectivity index (χ1n) is 8.53. The molecule has 0 aliphatic carbocycles. The van der Waals surface area contributed by atoms with Crippen LogP contribution in [-0.2, 0) is 9.59 Å². The van der Waals surface area contributed by atoms with Crippen LogP contribution in [-0.4, -0.2) is 41.3 Å². The Morgan fingerprint density at radius 2 is 1.68 bits per heavy atom. The van der Waals surface area contributed by atoms with Gasteiger partial charge in [-0.1, -0.05) is 19.1 Å². The monoisotopic (exact) mass is 349 g/mol. The zero-order valence-electron chi connectivity index (χ0n) is 15.4. The van der Waals surface area contributed by atoms with E-state index < -0.39 is 28.7 Å². The molecule has 25 heavy (non-hydrogen) atoms. The molecule has 6 heteroatoms. The number of methoxy groups -OCH3 is 1. The van der Waals surface area contributed by atoms with Crippen molar-refractivity contribution in [2.75, 3.05) is 7.11 Å². The summed E-state index contributed by atoms with van der Waals surface area (Å²) < 4.78 is 5.18. The molecule has 5 unspecified atom stereocenters. The van der Waals surface area contributed by atoms with Crippen LogP contribution >= 0.6 is 0 Å². The molecular formula is C19H27NO5. The zero-order chi connectivity index (χ0) is 19.0. The first-order chi connectivity index (χ1) is 11.7. The largest absolute Gasteiger partial charge is 0.497 e. The van der Waals surface area contributed by atoms with Gasteiger partial charge in [0.25, 0.3) is 0 Å². The summed E-state index contributed by atoms with van der Waals surface area (Å²) in [5, 5.41) is 23.4. The lowest BCUT2D eigenvalue weighted by atomic mass is 9.51. The maximum absolute atomic E-state index is 12.4. The van der Waals surface area contributed by atoms with Gasteiger partial charge in [-0.2, -0.15) is 0 Å². The molecule has 5 atom stereocenters. The molecule has 6 nitrogen and oxygen atoms in total. The van der Waals surface area contributed by atoms with Crippen molar-refractivity contribution in [3.63, 3.8) is 0 Å². The van der Waals surface area contributed by atoms with E-state index in [4.69, 9.17) is 4.74 Å². The normalized spacial score (nSPS) is 35.2. The molecule has 0 spiro atoms. The molecule has 0 aromatic heterocycles. The number of carbonyl (C=O) groups is 2. The highest BCUT2D eigenvalue weighted by molar-refractivity contribution is 5.83. The molecule has 0 radical (unpaired) electrons. The number of ether oxygens (including phenoxy) is 1. The number of benzene rings is 1. The Hall–Kier alpha value is -2.08. The predicted molar refractivity (Wildman–Crippen MR) is 93.9 cm³/mol. The van der Waals surface area contributed by atoms with Gasteiger partial charge in [-0.3, -0.25) is 9.59 Å². The van der Waals surface area contributed by atoms with Crippen LogP contribution in [0.15, 0.2) is 24.3 Å². The lowest BCUT2D eigenvalue weighted by Crippen LogP contribution is -2.68. The number of piperidine rings is 1. The van der Waals surface area contributed by atoms with Gasteiger partial charge in [-0.25, -0.2) is 0 Å². The third-order valence-corrected chi connectivity index (χ3v) is 6.18. The van der Waals surface area contributed by atoms with Crippen LogP contribution < -0.4 is 10.1 Å². The second kappa shape index (κ2) is 6.67. The van der Waals surface area contributed by atoms with E-state index in [1.807, 2.05) is 13.8 Å². The lowest BCUT2D eigenvalue weighted by molar-refractivity contribution is -0.170. The fourth-order valence-electron chi connectivity index (χ4n) is 4.45. The first-order valence-corrected chi connectivity index (χ1v) is 8.53. The van der Waals surface area contributed by atoms with Crippen LogP contribution in [0.4, 0.5) is 0 Å². The molecule has 1 fully saturated rings. The van der Waals surface area contributed by atoms with Crippen LogP contribution in [0.3, 0.4) is 0 Å². The molecule has 1 aliphatic heterocycles. The molecule has 1 aromatic rings. The van der Waals surface area contributed by atoms with Crippen molar-refractivity contribution in [2.24, 2.45) is 10.8 Å². The van der Waals surface area contributed by atoms with E-state index in [1.54, 1.807) is 45.2 Å². The minimum atomic E-state index is -1.27. The molecule has 1 heterocycles. The van der Waals surface area contributed by atoms with Gasteiger partial charge < -0.3 is 20.3 Å². The Labute approximate surface area is 148 Å². The van der Waals surface area contributed by atoms with E-state index in [2.05, 4.69) is 5.32 Å². The summed E-state index contributed by atoms with van der Waals surface area (Å²) >= 11 is 0. The minimum Gasteiger partial charge on any atom is -0.497 e. The van der Waals surface area contributed by atoms with Crippen molar-refractivity contribution in [1.29, 1.82) is 0 Å². The van der Waals surface area contributed by atoms with Gasteiger partial charge in [-0.15, -0.1) is 0 Å². The molecule has 0 saturated carbocycles. The number of carboxylic acid groups (broad SMARTS) is 2. The van der Waals surface area contributed by atoms with Crippen molar-refractivity contribution in [1.82, 2.24) is 5.32 Å². The van der Waals surface area contributed by atoms with Crippen molar-refractivity contribution in [2.45, 2.75) is 52.1 Å². The van der Waals surface area contributed by atoms with Crippen molar-refractivity contribution in [3.05, 3.63) is 29.8 Å². The molecule has 3 N–H and O–H groups in total. The molecule has 2 rings (SSSR count). The number of hydrogen-bond acceptors (Lipinski definition) is 4. The Morgan fingerprint density at radius 1 is 1.12 bits per heavy atom. The van der Waals surface area contributed by atoms with E-state index in [0.717, 1.165) is 0 Å². The summed E-state index contributed by atoms with van der Waals surface area (Å²) in [5.74, 6) is -2.01. The van der Waals surface area contributed by atoms with Crippen molar-refractivity contribution < 1.29 is 24.5 Å². The number of aliphatic carboxylic acids is 2. The number of hydrogen-bond donors (Lipinski definition) is 3. The van der Waals surface area contributed by atoms with E-state index in [1.165, 1.54) is 0 Å². The van der Waals surface area contributed by atoms with E-state index >= 15 is 0 Å². The summed E-state index contributed by atoms with van der Waals surface area (Å²) in [4.78, 5) is 24.7. The number of nitrogens with one attached hydrogen (secondary N) is 1. The summed E-state index contributed by atoms with van der Waals surface area (Å²) in [5.41, 5.74) is -1.79. The van der Waals surface area contributed by atoms with Gasteiger partial charge in [0.15, 0.2) is 0 Å². The second-order valence-electron chi connectivity index (χ2n) is 7.10. The highest BCUT2D eigenvalue weighted by atomic mass is 16.5. The van der Waals surface area contributed by atoms with Crippen molar-refractivity contribution >= 4 is 11.9 Å². The average molecular weight is 349 g/mol. The van der Waals surface area contributed by atoms with Crippen LogP contribution in [0.1, 0.15) is 45.6 Å². The van der Waals surface area contributed by atoms with Gasteiger partial charge in [0.1, 0.15) is 5.75 Å². The van der Waals surface area contributed by atoms with Gasteiger partial charge in [0.05, 0.1) is 17.9 Å². The summed E-state index contributed by atoms with van der Waals surface area (Å²) in [6, 6.07) is 6.30. The van der Waals surface area contributed by atoms with Gasteiger partial charge in [0, 0.05) is 18.0 Å². The van der Waals surface area contributed by atoms with Gasteiger partial charge in [0.2, 0.25) is 0 Å². The SMILES string of the molecule is CCC1(C(=O)O)C(C)NC(C)C(C)(C(=O)O)C1c1ccc(OC)cc1. The Kier molecular flexibility index (Phi) is 5.14. The standard InChI is InChI=1S/C19H27NO5/c1-6-19(17(23)24)12(3)20-11(2)18(4,16(21)22)15(19)13-7-9-14(25-5)10-8-13/h7-12,15,20H,6H2,1-5H3,(H,21,22)(H,23,24). The fraction of sp³-hybridized carbons (Fsp3) is 0.579. The Balaban J connectivity index is 2.76. The zero-order valence-corrected chi connectivity index (χ0v) is 15.4. The van der Waals surface area contributed by atoms with E-state index in [0.29, 0.717) is 17.7 Å². The number of carboxylic acids is 2. The van der Waals surface area contributed by atoms with Gasteiger partial charge in [-0.05, 0) is 44.9 Å². The Bertz CT molecular complexity index is 658. The second-order valence-corrected chi connectivity index (χ2v) is 7.10. The molecule has 0 bridgehead atoms. The maximum atomic E-state index is 12.4. The highest BCUT2D eigenvalue weighted by Crippen LogP contribution is 2.56. The van der Waals surface area contributed by atoms with Crippen LogP contribution in [0.2, 0.25) is 0 Å². The third kappa shape index (κ3) is 2.68. The topological polar surface area (TPSA) is 95.9 Å². The molecule has 1 aromatic carbocycles. The third-order valence-electron chi connectivity index (χ3n) is 6.18. The molecule has 0 amide bonds. The summed E-state index contributed by atoms with van der Waals surface area (Å²) in [6.45, 7) is 7.08. The molecule has 1 saturated heterocycles. The van der Waals surface area contributed by atoms with Crippen LogP contribution in [0.25, 0.3) is 0 Å². The summed E-state index contributed by atoms with van der Waals surface area (Å²) in [6.07, 6.45) is 0.322. The maximum Gasteiger partial charge on any atom is 0.311 e. The Morgan fingerprint density at radius 3 is 2.08 bits per heavy atom.